The van der Waals surface area contributed by atoms with Crippen LogP contribution in [0.5, 0.6) is 0 Å². The molecule has 1 aromatic carbocycles. The quantitative estimate of drug-likeness (QED) is 0.425. The molecule has 0 amide bonds. The second kappa shape index (κ2) is 5.77. The van der Waals surface area contributed by atoms with Gasteiger partial charge in [0.05, 0.1) is 17.9 Å². The van der Waals surface area contributed by atoms with E-state index in [1.165, 1.54) is 18.2 Å². The molecule has 102 valence electrons. The van der Waals surface area contributed by atoms with Gasteiger partial charge in [-0.15, -0.1) is 5.10 Å². The lowest BCUT2D eigenvalue weighted by molar-refractivity contribution is 0.510. The van der Waals surface area contributed by atoms with Crippen LogP contribution in [0.15, 0.2) is 24.4 Å². The Hall–Kier alpha value is -1.99. The van der Waals surface area contributed by atoms with Crippen LogP contribution in [0.3, 0.4) is 0 Å². The molecule has 0 bridgehead atoms. The molecule has 1 heterocycles. The summed E-state index contributed by atoms with van der Waals surface area (Å²) in [6.07, 6.45) is 2.51. The minimum atomic E-state index is -0.447. The fraction of sp³-hybridized carbons (Fsp3) is 0.333. The van der Waals surface area contributed by atoms with Crippen molar-refractivity contribution in [1.82, 2.24) is 20.4 Å². The van der Waals surface area contributed by atoms with Crippen molar-refractivity contribution in [2.24, 2.45) is 5.84 Å². The lowest BCUT2D eigenvalue weighted by Crippen LogP contribution is -2.31. The van der Waals surface area contributed by atoms with E-state index in [9.17, 15) is 4.39 Å². The highest BCUT2D eigenvalue weighted by Gasteiger charge is 2.20. The molecular weight excluding hydrogens is 247 g/mol. The van der Waals surface area contributed by atoms with E-state index in [2.05, 4.69) is 15.7 Å². The number of benzene rings is 1. The number of nitrogen functional groups attached to an aromatic ring is 1. The monoisotopic (exact) mass is 264 g/mol. The van der Waals surface area contributed by atoms with Crippen molar-refractivity contribution in [2.45, 2.75) is 25.9 Å². The van der Waals surface area contributed by atoms with E-state index >= 15 is 0 Å². The van der Waals surface area contributed by atoms with E-state index in [0.717, 1.165) is 12.1 Å². The number of rotatable bonds is 5. The van der Waals surface area contributed by atoms with Gasteiger partial charge in [0.1, 0.15) is 5.82 Å². The number of hydrogen-bond donors (Lipinski definition) is 3. The topological polar surface area (TPSA) is 94.8 Å². The number of anilines is 1. The van der Waals surface area contributed by atoms with E-state index in [-0.39, 0.29) is 5.82 Å². The zero-order valence-electron chi connectivity index (χ0n) is 10.7. The van der Waals surface area contributed by atoms with Crippen LogP contribution in [0.2, 0.25) is 0 Å². The molecule has 6 nitrogen and oxygen atoms in total. The van der Waals surface area contributed by atoms with Gasteiger partial charge in [0.15, 0.2) is 0 Å². The van der Waals surface area contributed by atoms with Crippen LogP contribution in [0.4, 0.5) is 10.1 Å². The van der Waals surface area contributed by atoms with Gasteiger partial charge in [0, 0.05) is 17.8 Å². The number of nitrogens with zero attached hydrogens (tertiary/aromatic N) is 3. The Labute approximate surface area is 110 Å². The van der Waals surface area contributed by atoms with Gasteiger partial charge in [0.2, 0.25) is 0 Å². The Morgan fingerprint density at radius 2 is 2.26 bits per heavy atom. The van der Waals surface area contributed by atoms with Gasteiger partial charge in [-0.25, -0.2) is 14.5 Å². The van der Waals surface area contributed by atoms with Crippen molar-refractivity contribution >= 4 is 5.69 Å². The average molecular weight is 264 g/mol. The molecule has 1 unspecified atom stereocenters. The van der Waals surface area contributed by atoms with Crippen LogP contribution in [-0.4, -0.2) is 15.0 Å². The second-order valence-corrected chi connectivity index (χ2v) is 4.25. The predicted octanol–water partition coefficient (Wildman–Crippen LogP) is 0.962. The number of hydrazine groups is 1. The van der Waals surface area contributed by atoms with Gasteiger partial charge >= 0.3 is 0 Å². The minimum Gasteiger partial charge on any atom is -0.398 e. The molecule has 1 atom stereocenters. The Morgan fingerprint density at radius 3 is 2.95 bits per heavy atom. The highest BCUT2D eigenvalue weighted by Crippen LogP contribution is 2.26. The molecule has 7 heteroatoms. The first kappa shape index (κ1) is 13.4. The fourth-order valence-electron chi connectivity index (χ4n) is 2.00. The lowest BCUT2D eigenvalue weighted by Gasteiger charge is -2.19. The Balaban J connectivity index is 2.44. The van der Waals surface area contributed by atoms with Crippen LogP contribution >= 0.6 is 0 Å². The average Bonchev–Trinajstić information content (AvgIpc) is 2.83. The van der Waals surface area contributed by atoms with Crippen molar-refractivity contribution in [2.75, 3.05) is 5.73 Å². The summed E-state index contributed by atoms with van der Waals surface area (Å²) in [5, 5.41) is 7.86. The van der Waals surface area contributed by atoms with Gasteiger partial charge in [-0.1, -0.05) is 12.1 Å². The highest BCUT2D eigenvalue weighted by molar-refractivity contribution is 5.50. The first-order chi connectivity index (χ1) is 9.17. The van der Waals surface area contributed by atoms with Crippen molar-refractivity contribution in [3.8, 4) is 0 Å². The fourth-order valence-corrected chi connectivity index (χ4v) is 2.00. The minimum absolute atomic E-state index is 0.362. The highest BCUT2D eigenvalue weighted by atomic mass is 19.1. The van der Waals surface area contributed by atoms with Gasteiger partial charge in [-0.2, -0.15) is 0 Å². The molecule has 2 rings (SSSR count). The molecule has 0 aliphatic heterocycles. The van der Waals surface area contributed by atoms with E-state index < -0.39 is 6.04 Å². The van der Waals surface area contributed by atoms with Crippen molar-refractivity contribution in [1.29, 1.82) is 0 Å². The number of aromatic nitrogens is 3. The van der Waals surface area contributed by atoms with Crippen LogP contribution < -0.4 is 17.0 Å². The molecule has 1 aromatic heterocycles. The van der Waals surface area contributed by atoms with E-state index in [4.69, 9.17) is 11.6 Å². The van der Waals surface area contributed by atoms with Crippen molar-refractivity contribution in [3.05, 3.63) is 41.5 Å². The molecule has 2 aromatic rings. The normalized spacial score (nSPS) is 12.6. The van der Waals surface area contributed by atoms with E-state index in [1.807, 2.05) is 6.92 Å². The van der Waals surface area contributed by atoms with Gasteiger partial charge in [-0.05, 0) is 24.6 Å². The maximum absolute atomic E-state index is 13.4. The molecule has 0 spiro atoms. The summed E-state index contributed by atoms with van der Waals surface area (Å²) >= 11 is 0. The Kier molecular flexibility index (Phi) is 4.08. The molecule has 0 saturated carbocycles. The maximum atomic E-state index is 13.4. The number of aryl methyl sites for hydroxylation is 1. The van der Waals surface area contributed by atoms with Crippen LogP contribution in [0, 0.1) is 5.82 Å². The molecule has 0 fully saturated rings. The lowest BCUT2D eigenvalue weighted by atomic mass is 10.0. The number of nitrogens with one attached hydrogen (secondary N) is 1. The molecule has 0 aliphatic carbocycles. The number of halogens is 1. The van der Waals surface area contributed by atoms with Crippen LogP contribution in [-0.2, 0) is 6.54 Å². The van der Waals surface area contributed by atoms with E-state index in [1.54, 1.807) is 10.9 Å². The number of hydrogen-bond acceptors (Lipinski definition) is 5. The van der Waals surface area contributed by atoms with Gasteiger partial charge in [0.25, 0.3) is 0 Å². The summed E-state index contributed by atoms with van der Waals surface area (Å²) in [5.41, 5.74) is 10.3. The van der Waals surface area contributed by atoms with Crippen molar-refractivity contribution in [3.63, 3.8) is 0 Å². The summed E-state index contributed by atoms with van der Waals surface area (Å²) < 4.78 is 15.1. The summed E-state index contributed by atoms with van der Waals surface area (Å²) in [6, 6.07) is 3.75. The smallest absolute Gasteiger partial charge is 0.123 e. The zero-order chi connectivity index (χ0) is 13.8. The molecule has 0 saturated heterocycles. The largest absolute Gasteiger partial charge is 0.398 e. The SMILES string of the molecule is CCCn1nncc1C(NN)c1cc(F)ccc1N. The van der Waals surface area contributed by atoms with E-state index in [0.29, 0.717) is 17.8 Å². The maximum Gasteiger partial charge on any atom is 0.123 e. The molecular formula is C12H17FN6. The van der Waals surface area contributed by atoms with Gasteiger partial charge < -0.3 is 5.73 Å². The summed E-state index contributed by atoms with van der Waals surface area (Å²) in [6.45, 7) is 2.75. The summed E-state index contributed by atoms with van der Waals surface area (Å²) in [4.78, 5) is 0. The predicted molar refractivity (Wildman–Crippen MR) is 70.3 cm³/mol. The third kappa shape index (κ3) is 2.72. The van der Waals surface area contributed by atoms with Gasteiger partial charge in [-0.3, -0.25) is 5.84 Å². The second-order valence-electron chi connectivity index (χ2n) is 4.25. The third-order valence-corrected chi connectivity index (χ3v) is 2.91. The zero-order valence-corrected chi connectivity index (χ0v) is 10.7. The standard InChI is InChI=1S/C12H17FN6/c1-2-5-19-11(7-16-18-19)12(17-15)9-6-8(13)3-4-10(9)14/h3-4,6-7,12,17H,2,5,14-15H2,1H3. The molecule has 0 aliphatic rings. The first-order valence-electron chi connectivity index (χ1n) is 6.06. The molecule has 0 radical (unpaired) electrons. The Morgan fingerprint density at radius 1 is 1.47 bits per heavy atom. The third-order valence-electron chi connectivity index (χ3n) is 2.91. The van der Waals surface area contributed by atoms with Crippen LogP contribution in [0.1, 0.15) is 30.6 Å². The first-order valence-corrected chi connectivity index (χ1v) is 6.06. The summed E-state index contributed by atoms with van der Waals surface area (Å²) in [7, 11) is 0. The Bertz CT molecular complexity index is 553. The van der Waals surface area contributed by atoms with Crippen molar-refractivity contribution < 1.29 is 4.39 Å². The molecule has 19 heavy (non-hydrogen) atoms. The number of nitrogens with two attached hydrogens (primary N) is 2. The summed E-state index contributed by atoms with van der Waals surface area (Å²) in [5.74, 6) is 5.22. The van der Waals surface area contributed by atoms with Crippen LogP contribution in [0.25, 0.3) is 0 Å². The molecule has 5 N–H and O–H groups in total.